The van der Waals surface area contributed by atoms with Crippen LogP contribution in [0.25, 0.3) is 22.0 Å². The Kier molecular flexibility index (Phi) is 7.26. The molecule has 0 saturated carbocycles. The molecule has 3 aromatic rings. The molecule has 7 nitrogen and oxygen atoms in total. The molecule has 178 valence electrons. The van der Waals surface area contributed by atoms with Crippen LogP contribution in [0.2, 0.25) is 0 Å². The predicted octanol–water partition coefficient (Wildman–Crippen LogP) is 5.35. The van der Waals surface area contributed by atoms with Gasteiger partial charge in [-0.15, -0.1) is 11.3 Å². The van der Waals surface area contributed by atoms with Gasteiger partial charge in [-0.25, -0.2) is 9.78 Å². The van der Waals surface area contributed by atoms with Gasteiger partial charge < -0.3 is 9.47 Å². The van der Waals surface area contributed by atoms with Crippen LogP contribution in [-0.4, -0.2) is 40.6 Å². The number of nitrogens with zero attached hydrogens (tertiary/aromatic N) is 3. The highest BCUT2D eigenvalue weighted by Crippen LogP contribution is 2.40. The van der Waals surface area contributed by atoms with Crippen LogP contribution in [0.15, 0.2) is 48.0 Å². The molecule has 8 heteroatoms. The first-order valence-corrected chi connectivity index (χ1v) is 12.4. The Hall–Kier alpha value is -3.26. The van der Waals surface area contributed by atoms with E-state index in [-0.39, 0.29) is 5.91 Å². The van der Waals surface area contributed by atoms with Gasteiger partial charge in [0.05, 0.1) is 23.7 Å². The Bertz CT molecular complexity index is 1160. The molecule has 0 saturated heterocycles. The van der Waals surface area contributed by atoms with E-state index < -0.39 is 18.1 Å². The fourth-order valence-corrected chi connectivity index (χ4v) is 4.54. The maximum absolute atomic E-state index is 13.3. The van der Waals surface area contributed by atoms with E-state index in [1.54, 1.807) is 13.1 Å². The fraction of sp³-hybridized carbons (Fsp3) is 0.385. The first-order chi connectivity index (χ1) is 16.4. The number of thiazole rings is 1. The highest BCUT2D eigenvalue weighted by Gasteiger charge is 2.39. The number of ether oxygens (including phenoxy) is 2. The van der Waals surface area contributed by atoms with Crippen LogP contribution in [0, 0.1) is 5.92 Å². The lowest BCUT2D eigenvalue weighted by atomic mass is 10.1. The molecule has 4 rings (SSSR count). The molecular weight excluding hydrogens is 450 g/mol. The van der Waals surface area contributed by atoms with Crippen LogP contribution in [-0.2, 0) is 14.3 Å². The van der Waals surface area contributed by atoms with Gasteiger partial charge in [-0.3, -0.25) is 14.7 Å². The highest BCUT2D eigenvalue weighted by atomic mass is 32.1. The van der Waals surface area contributed by atoms with Gasteiger partial charge in [0.1, 0.15) is 16.8 Å². The first-order valence-electron chi connectivity index (χ1n) is 11.6. The summed E-state index contributed by atoms with van der Waals surface area (Å²) in [6.45, 7) is 8.07. The lowest BCUT2D eigenvalue weighted by molar-refractivity contribution is -0.147. The van der Waals surface area contributed by atoms with Gasteiger partial charge in [0, 0.05) is 17.1 Å². The summed E-state index contributed by atoms with van der Waals surface area (Å²) in [5, 5.41) is 2.77. The van der Waals surface area contributed by atoms with Gasteiger partial charge in [-0.1, -0.05) is 26.8 Å². The molecule has 0 bridgehead atoms. The molecule has 0 radical (unpaired) electrons. The SMILES string of the molecule is CCC1Oc2ccc(-c3csc(-c4ccccn4)n3)cc2N(C(C)C(=O)OCCC(C)C)C1=O. The summed E-state index contributed by atoms with van der Waals surface area (Å²) in [6.07, 6.45) is 2.38. The number of pyridine rings is 1. The molecule has 2 unspecified atom stereocenters. The number of amides is 1. The summed E-state index contributed by atoms with van der Waals surface area (Å²) in [6, 6.07) is 10.5. The number of anilines is 1. The molecular formula is C26H29N3O4S. The van der Waals surface area contributed by atoms with Crippen molar-refractivity contribution in [2.75, 3.05) is 11.5 Å². The second kappa shape index (κ2) is 10.3. The summed E-state index contributed by atoms with van der Waals surface area (Å²) in [5.74, 6) is 0.327. The Labute approximate surface area is 203 Å². The number of esters is 1. The molecule has 0 spiro atoms. The Morgan fingerprint density at radius 2 is 2.03 bits per heavy atom. The normalized spacial score (nSPS) is 16.2. The van der Waals surface area contributed by atoms with Crippen LogP contribution in [0.1, 0.15) is 40.5 Å². The zero-order chi connectivity index (χ0) is 24.2. The molecule has 1 amide bonds. The number of aromatic nitrogens is 2. The van der Waals surface area contributed by atoms with E-state index in [1.807, 2.05) is 48.7 Å². The summed E-state index contributed by atoms with van der Waals surface area (Å²) in [7, 11) is 0. The van der Waals surface area contributed by atoms with Crippen LogP contribution >= 0.6 is 11.3 Å². The van der Waals surface area contributed by atoms with Crippen molar-refractivity contribution in [2.24, 2.45) is 5.92 Å². The summed E-state index contributed by atoms with van der Waals surface area (Å²) < 4.78 is 11.4. The average Bonchev–Trinajstić information content (AvgIpc) is 3.33. The monoisotopic (exact) mass is 479 g/mol. The quantitative estimate of drug-likeness (QED) is 0.405. The maximum Gasteiger partial charge on any atom is 0.328 e. The third-order valence-electron chi connectivity index (χ3n) is 5.72. The lowest BCUT2D eigenvalue weighted by Gasteiger charge is -2.37. The summed E-state index contributed by atoms with van der Waals surface area (Å²) in [4.78, 5) is 36.7. The largest absolute Gasteiger partial charge is 0.478 e. The van der Waals surface area contributed by atoms with Crippen LogP contribution in [0.5, 0.6) is 5.75 Å². The van der Waals surface area contributed by atoms with Crippen LogP contribution < -0.4 is 9.64 Å². The second-order valence-corrected chi connectivity index (χ2v) is 9.54. The number of rotatable bonds is 8. The highest BCUT2D eigenvalue weighted by molar-refractivity contribution is 7.13. The molecule has 2 aromatic heterocycles. The minimum absolute atomic E-state index is 0.243. The standard InChI is InChI=1S/C26H29N3O4S/c1-5-22-25(30)29(17(4)26(31)32-13-11-16(2)3)21-14-18(9-10-23(21)33-22)20-15-34-24(28-20)19-8-6-7-12-27-19/h6-10,12,14-17,22H,5,11,13H2,1-4H3. The number of carbonyl (C=O) groups excluding carboxylic acids is 2. The molecule has 3 heterocycles. The lowest BCUT2D eigenvalue weighted by Crippen LogP contribution is -2.52. The minimum atomic E-state index is -0.772. The fourth-order valence-electron chi connectivity index (χ4n) is 3.73. The van der Waals surface area contributed by atoms with Crippen molar-refractivity contribution in [1.29, 1.82) is 0 Å². The molecule has 0 aliphatic carbocycles. The van der Waals surface area contributed by atoms with Crippen molar-refractivity contribution in [3.8, 4) is 27.7 Å². The van der Waals surface area contributed by atoms with Gasteiger partial charge in [-0.2, -0.15) is 0 Å². The van der Waals surface area contributed by atoms with E-state index in [1.165, 1.54) is 16.2 Å². The van der Waals surface area contributed by atoms with Gasteiger partial charge >= 0.3 is 5.97 Å². The van der Waals surface area contributed by atoms with Crippen molar-refractivity contribution in [3.63, 3.8) is 0 Å². The third kappa shape index (κ3) is 4.97. The summed E-state index contributed by atoms with van der Waals surface area (Å²) in [5.41, 5.74) is 2.95. The summed E-state index contributed by atoms with van der Waals surface area (Å²) >= 11 is 1.50. The van der Waals surface area contributed by atoms with E-state index in [4.69, 9.17) is 14.5 Å². The number of carbonyl (C=O) groups is 2. The molecule has 2 atom stereocenters. The van der Waals surface area contributed by atoms with E-state index in [0.717, 1.165) is 28.4 Å². The average molecular weight is 480 g/mol. The minimum Gasteiger partial charge on any atom is -0.478 e. The van der Waals surface area contributed by atoms with E-state index >= 15 is 0 Å². The van der Waals surface area contributed by atoms with Crippen molar-refractivity contribution < 1.29 is 19.1 Å². The third-order valence-corrected chi connectivity index (χ3v) is 6.59. The number of hydrogen-bond donors (Lipinski definition) is 0. The van der Waals surface area contributed by atoms with Crippen molar-refractivity contribution in [1.82, 2.24) is 9.97 Å². The van der Waals surface area contributed by atoms with E-state index in [0.29, 0.717) is 30.4 Å². The molecule has 1 aliphatic rings. The van der Waals surface area contributed by atoms with Gasteiger partial charge in [-0.05, 0) is 56.0 Å². The van der Waals surface area contributed by atoms with Crippen LogP contribution in [0.4, 0.5) is 5.69 Å². The number of hydrogen-bond acceptors (Lipinski definition) is 7. The topological polar surface area (TPSA) is 81.6 Å². The number of fused-ring (bicyclic) bond motifs is 1. The van der Waals surface area contributed by atoms with Crippen LogP contribution in [0.3, 0.4) is 0 Å². The van der Waals surface area contributed by atoms with Crippen molar-refractivity contribution in [2.45, 2.75) is 52.7 Å². The molecule has 0 fully saturated rings. The van der Waals surface area contributed by atoms with Gasteiger partial charge in [0.25, 0.3) is 5.91 Å². The smallest absolute Gasteiger partial charge is 0.328 e. The Balaban J connectivity index is 1.65. The molecule has 1 aromatic carbocycles. The molecule has 34 heavy (non-hydrogen) atoms. The zero-order valence-electron chi connectivity index (χ0n) is 19.9. The molecule has 0 N–H and O–H groups in total. The Morgan fingerprint density at radius 1 is 1.21 bits per heavy atom. The number of benzene rings is 1. The van der Waals surface area contributed by atoms with E-state index in [2.05, 4.69) is 18.8 Å². The predicted molar refractivity (Wildman–Crippen MR) is 133 cm³/mol. The second-order valence-electron chi connectivity index (χ2n) is 8.68. The van der Waals surface area contributed by atoms with E-state index in [9.17, 15) is 9.59 Å². The maximum atomic E-state index is 13.3. The van der Waals surface area contributed by atoms with Crippen molar-refractivity contribution in [3.05, 3.63) is 48.0 Å². The van der Waals surface area contributed by atoms with Crippen molar-refractivity contribution >= 4 is 28.9 Å². The van der Waals surface area contributed by atoms with Gasteiger partial charge in [0.15, 0.2) is 6.10 Å². The molecule has 1 aliphatic heterocycles. The zero-order valence-corrected chi connectivity index (χ0v) is 20.7. The Morgan fingerprint density at radius 3 is 2.74 bits per heavy atom. The first kappa shape index (κ1) is 23.9. The van der Waals surface area contributed by atoms with Gasteiger partial charge in [0.2, 0.25) is 0 Å².